The van der Waals surface area contributed by atoms with Crippen LogP contribution < -0.4 is 5.73 Å². The Hall–Kier alpha value is -0.980. The molecule has 6 heteroatoms. The minimum absolute atomic E-state index is 0.0186. The van der Waals surface area contributed by atoms with Gasteiger partial charge in [0, 0.05) is 24.9 Å². The second-order valence-electron chi connectivity index (χ2n) is 4.03. The van der Waals surface area contributed by atoms with Gasteiger partial charge < -0.3 is 15.7 Å². The quantitative estimate of drug-likeness (QED) is 0.735. The summed E-state index contributed by atoms with van der Waals surface area (Å²) in [7, 11) is 0. The molecule has 0 saturated heterocycles. The van der Waals surface area contributed by atoms with Gasteiger partial charge in [-0.25, -0.2) is 4.98 Å². The van der Waals surface area contributed by atoms with Crippen molar-refractivity contribution in [2.75, 3.05) is 26.2 Å². The van der Waals surface area contributed by atoms with Gasteiger partial charge >= 0.3 is 0 Å². The van der Waals surface area contributed by atoms with E-state index in [0.29, 0.717) is 31.7 Å². The molecule has 5 nitrogen and oxygen atoms in total. The number of hydrogen-bond donors (Lipinski definition) is 2. The van der Waals surface area contributed by atoms with E-state index in [2.05, 4.69) is 11.9 Å². The number of carbonyl (C=O) groups excluding carboxylic acids is 1. The number of aromatic nitrogens is 1. The average Bonchev–Trinajstić information content (AvgIpc) is 2.83. The Morgan fingerprint density at radius 3 is 2.94 bits per heavy atom. The van der Waals surface area contributed by atoms with Crippen molar-refractivity contribution < 1.29 is 9.90 Å². The third-order valence-corrected chi connectivity index (χ3v) is 3.48. The smallest absolute Gasteiger partial charge is 0.273 e. The molecule has 0 aliphatic rings. The van der Waals surface area contributed by atoms with E-state index in [1.54, 1.807) is 10.3 Å². The molecule has 1 rings (SSSR count). The van der Waals surface area contributed by atoms with Gasteiger partial charge in [0.05, 0.1) is 11.6 Å². The molecule has 0 fully saturated rings. The number of thiazole rings is 1. The summed E-state index contributed by atoms with van der Waals surface area (Å²) >= 11 is 1.46. The Bertz CT molecular complexity index is 368. The van der Waals surface area contributed by atoms with Crippen LogP contribution in [0.3, 0.4) is 0 Å². The van der Waals surface area contributed by atoms with Crippen LogP contribution >= 0.6 is 11.3 Å². The molecule has 3 N–H and O–H groups in total. The lowest BCUT2D eigenvalue weighted by molar-refractivity contribution is 0.0714. The summed E-state index contributed by atoms with van der Waals surface area (Å²) in [5.41, 5.74) is 5.92. The first kappa shape index (κ1) is 15.1. The molecule has 0 atom stereocenters. The first-order valence-corrected chi connectivity index (χ1v) is 7.15. The molecule has 0 unspecified atom stereocenters. The molecule has 0 spiro atoms. The Labute approximate surface area is 112 Å². The van der Waals surface area contributed by atoms with Crippen molar-refractivity contribution in [3.05, 3.63) is 16.1 Å². The highest BCUT2D eigenvalue weighted by Gasteiger charge is 2.17. The molecule has 0 radical (unpaired) electrons. The Kier molecular flexibility index (Phi) is 6.85. The van der Waals surface area contributed by atoms with E-state index in [4.69, 9.17) is 10.8 Å². The zero-order valence-electron chi connectivity index (χ0n) is 10.8. The number of hydrogen-bond acceptors (Lipinski definition) is 5. The molecular formula is C12H21N3O2S. The monoisotopic (exact) mass is 271 g/mol. The zero-order valence-corrected chi connectivity index (χ0v) is 11.6. The molecule has 0 aromatic carbocycles. The van der Waals surface area contributed by atoms with Crippen molar-refractivity contribution in [2.45, 2.75) is 26.2 Å². The number of amides is 1. The maximum atomic E-state index is 12.2. The molecule has 0 aliphatic carbocycles. The maximum Gasteiger partial charge on any atom is 0.273 e. The Morgan fingerprint density at radius 2 is 2.33 bits per heavy atom. The van der Waals surface area contributed by atoms with Crippen LogP contribution in [0.5, 0.6) is 0 Å². The van der Waals surface area contributed by atoms with Crippen molar-refractivity contribution in [3.63, 3.8) is 0 Å². The normalized spacial score (nSPS) is 10.6. The highest BCUT2D eigenvalue weighted by atomic mass is 32.1. The van der Waals surface area contributed by atoms with Crippen LogP contribution in [0.15, 0.2) is 5.38 Å². The second kappa shape index (κ2) is 8.18. The molecule has 0 bridgehead atoms. The SMILES string of the molecule is CCCCN(CCO)C(=O)c1csc(CCN)n1. The van der Waals surface area contributed by atoms with E-state index < -0.39 is 0 Å². The van der Waals surface area contributed by atoms with Gasteiger partial charge in [-0.15, -0.1) is 11.3 Å². The predicted molar refractivity (Wildman–Crippen MR) is 72.8 cm³/mol. The van der Waals surface area contributed by atoms with Crippen LogP contribution in [-0.4, -0.2) is 47.1 Å². The third kappa shape index (κ3) is 4.36. The largest absolute Gasteiger partial charge is 0.395 e. The summed E-state index contributed by atoms with van der Waals surface area (Å²) in [5, 5.41) is 11.6. The number of nitrogens with two attached hydrogens (primary N) is 1. The van der Waals surface area contributed by atoms with Gasteiger partial charge in [-0.2, -0.15) is 0 Å². The summed E-state index contributed by atoms with van der Waals surface area (Å²) in [6, 6.07) is 0. The standard InChI is InChI=1S/C12H21N3O2S/c1-2-3-6-15(7-8-16)12(17)10-9-18-11(14-10)4-5-13/h9,16H,2-8,13H2,1H3. The van der Waals surface area contributed by atoms with Crippen molar-refractivity contribution in [1.82, 2.24) is 9.88 Å². The van der Waals surface area contributed by atoms with E-state index in [9.17, 15) is 4.79 Å². The van der Waals surface area contributed by atoms with Crippen LogP contribution in [0.25, 0.3) is 0 Å². The fraction of sp³-hybridized carbons (Fsp3) is 0.667. The maximum absolute atomic E-state index is 12.2. The topological polar surface area (TPSA) is 79.5 Å². The molecule has 0 aliphatic heterocycles. The zero-order chi connectivity index (χ0) is 13.4. The number of rotatable bonds is 8. The number of nitrogens with zero attached hydrogens (tertiary/aromatic N) is 2. The molecule has 1 amide bonds. The van der Waals surface area contributed by atoms with Crippen LogP contribution in [0.1, 0.15) is 35.3 Å². The van der Waals surface area contributed by atoms with Gasteiger partial charge in [0.2, 0.25) is 0 Å². The summed E-state index contributed by atoms with van der Waals surface area (Å²) in [6.45, 7) is 3.62. The summed E-state index contributed by atoms with van der Waals surface area (Å²) < 4.78 is 0. The number of aliphatic hydroxyl groups is 1. The van der Waals surface area contributed by atoms with E-state index in [0.717, 1.165) is 17.8 Å². The van der Waals surface area contributed by atoms with Gasteiger partial charge in [-0.05, 0) is 13.0 Å². The molecule has 102 valence electrons. The third-order valence-electron chi connectivity index (χ3n) is 2.57. The Balaban J connectivity index is 2.67. The van der Waals surface area contributed by atoms with Gasteiger partial charge in [-0.3, -0.25) is 4.79 Å². The second-order valence-corrected chi connectivity index (χ2v) is 4.98. The predicted octanol–water partition coefficient (Wildman–Crippen LogP) is 0.879. The van der Waals surface area contributed by atoms with Crippen molar-refractivity contribution in [2.24, 2.45) is 5.73 Å². The fourth-order valence-corrected chi connectivity index (χ4v) is 2.38. The van der Waals surface area contributed by atoms with E-state index in [1.165, 1.54) is 11.3 Å². The number of aliphatic hydroxyl groups excluding tert-OH is 1. The van der Waals surface area contributed by atoms with Crippen LogP contribution in [0.2, 0.25) is 0 Å². The lowest BCUT2D eigenvalue weighted by atomic mass is 10.3. The van der Waals surface area contributed by atoms with E-state index in [-0.39, 0.29) is 12.5 Å². The van der Waals surface area contributed by atoms with Crippen molar-refractivity contribution in [1.29, 1.82) is 0 Å². The first-order chi connectivity index (χ1) is 8.72. The highest BCUT2D eigenvalue weighted by molar-refractivity contribution is 7.09. The number of unbranched alkanes of at least 4 members (excludes halogenated alkanes) is 1. The average molecular weight is 271 g/mol. The first-order valence-electron chi connectivity index (χ1n) is 6.27. The molecule has 18 heavy (non-hydrogen) atoms. The van der Waals surface area contributed by atoms with Crippen LogP contribution in [0, 0.1) is 0 Å². The molecular weight excluding hydrogens is 250 g/mol. The van der Waals surface area contributed by atoms with Gasteiger partial charge in [0.15, 0.2) is 0 Å². The summed E-state index contributed by atoms with van der Waals surface area (Å²) in [6.07, 6.45) is 2.66. The minimum Gasteiger partial charge on any atom is -0.395 e. The van der Waals surface area contributed by atoms with Gasteiger partial charge in [0.25, 0.3) is 5.91 Å². The summed E-state index contributed by atoms with van der Waals surface area (Å²) in [4.78, 5) is 18.1. The highest BCUT2D eigenvalue weighted by Crippen LogP contribution is 2.12. The lowest BCUT2D eigenvalue weighted by Gasteiger charge is -2.20. The van der Waals surface area contributed by atoms with Gasteiger partial charge in [0.1, 0.15) is 5.69 Å². The Morgan fingerprint density at radius 1 is 1.56 bits per heavy atom. The molecule has 1 aromatic rings. The van der Waals surface area contributed by atoms with Crippen molar-refractivity contribution in [3.8, 4) is 0 Å². The lowest BCUT2D eigenvalue weighted by Crippen LogP contribution is -2.34. The summed E-state index contributed by atoms with van der Waals surface area (Å²) in [5.74, 6) is -0.1000. The number of carbonyl (C=O) groups is 1. The molecule has 0 saturated carbocycles. The van der Waals surface area contributed by atoms with Gasteiger partial charge in [-0.1, -0.05) is 13.3 Å². The van der Waals surface area contributed by atoms with Crippen LogP contribution in [-0.2, 0) is 6.42 Å². The fourth-order valence-electron chi connectivity index (χ4n) is 1.59. The molecule has 1 aromatic heterocycles. The van der Waals surface area contributed by atoms with Crippen molar-refractivity contribution >= 4 is 17.2 Å². The van der Waals surface area contributed by atoms with E-state index in [1.807, 2.05) is 0 Å². The van der Waals surface area contributed by atoms with E-state index >= 15 is 0 Å². The minimum atomic E-state index is -0.1000. The molecule has 1 heterocycles. The van der Waals surface area contributed by atoms with Crippen LogP contribution in [0.4, 0.5) is 0 Å².